The summed E-state index contributed by atoms with van der Waals surface area (Å²) in [6.07, 6.45) is -1.45. The van der Waals surface area contributed by atoms with Crippen molar-refractivity contribution >= 4 is 6.09 Å². The third kappa shape index (κ3) is 4.41. The minimum atomic E-state index is -1.24. The minimum absolute atomic E-state index is 0.268. The Labute approximate surface area is 135 Å². The lowest BCUT2D eigenvalue weighted by Crippen LogP contribution is -2.53. The molecule has 0 saturated heterocycles. The number of carbonyl (C=O) groups is 1. The number of rotatable bonds is 3. The van der Waals surface area contributed by atoms with E-state index in [2.05, 4.69) is 0 Å². The number of ether oxygens (including phenoxy) is 1. The fourth-order valence-electron chi connectivity index (χ4n) is 2.69. The molecule has 0 aliphatic carbocycles. The van der Waals surface area contributed by atoms with Gasteiger partial charge in [-0.15, -0.1) is 0 Å². The number of amides is 1. The molecule has 1 aromatic rings. The van der Waals surface area contributed by atoms with Gasteiger partial charge < -0.3 is 9.84 Å². The monoisotopic (exact) mass is 322 g/mol. The number of hydrogen-bond acceptors (Lipinski definition) is 5. The van der Waals surface area contributed by atoms with Gasteiger partial charge in [-0.05, 0) is 38.3 Å². The topological polar surface area (TPSA) is 92.9 Å². The van der Waals surface area contributed by atoms with Crippen LogP contribution in [0, 0.1) is 10.1 Å². The van der Waals surface area contributed by atoms with Crippen molar-refractivity contribution in [3.8, 4) is 0 Å². The van der Waals surface area contributed by atoms with Crippen molar-refractivity contribution in [2.24, 2.45) is 0 Å². The third-order valence-corrected chi connectivity index (χ3v) is 3.70. The van der Waals surface area contributed by atoms with Gasteiger partial charge in [0.15, 0.2) is 0 Å². The highest BCUT2D eigenvalue weighted by molar-refractivity contribution is 5.69. The highest BCUT2D eigenvalue weighted by Gasteiger charge is 2.38. The van der Waals surface area contributed by atoms with Gasteiger partial charge in [-0.2, -0.15) is 0 Å². The molecule has 0 spiro atoms. The molecule has 2 rings (SSSR count). The van der Waals surface area contributed by atoms with Crippen molar-refractivity contribution in [3.05, 3.63) is 45.5 Å². The summed E-state index contributed by atoms with van der Waals surface area (Å²) in [5.74, 6) is 0. The summed E-state index contributed by atoms with van der Waals surface area (Å²) in [5, 5.41) is 20.9. The molecule has 0 fully saturated rings. The van der Waals surface area contributed by atoms with E-state index in [-0.39, 0.29) is 6.54 Å². The van der Waals surface area contributed by atoms with Gasteiger partial charge in [0, 0.05) is 11.5 Å². The zero-order valence-electron chi connectivity index (χ0n) is 13.6. The summed E-state index contributed by atoms with van der Waals surface area (Å²) >= 11 is 0. The summed E-state index contributed by atoms with van der Waals surface area (Å²) < 4.78 is 5.38. The number of fused-ring (bicyclic) bond motifs is 1. The van der Waals surface area contributed by atoms with Crippen LogP contribution in [0.3, 0.4) is 0 Å². The van der Waals surface area contributed by atoms with Crippen LogP contribution in [-0.4, -0.2) is 45.3 Å². The molecule has 126 valence electrons. The van der Waals surface area contributed by atoms with Crippen LogP contribution < -0.4 is 0 Å². The molecule has 1 aromatic carbocycles. The fourth-order valence-corrected chi connectivity index (χ4v) is 2.69. The number of aliphatic hydroxyl groups is 1. The lowest BCUT2D eigenvalue weighted by Gasteiger charge is -2.39. The van der Waals surface area contributed by atoms with E-state index in [1.54, 1.807) is 20.8 Å². The molecule has 2 atom stereocenters. The summed E-state index contributed by atoms with van der Waals surface area (Å²) in [5.41, 5.74) is 1.27. The Hall–Kier alpha value is -2.15. The second-order valence-corrected chi connectivity index (χ2v) is 6.73. The van der Waals surface area contributed by atoms with Gasteiger partial charge in [0.25, 0.3) is 0 Å². The van der Waals surface area contributed by atoms with Crippen molar-refractivity contribution in [1.29, 1.82) is 0 Å². The number of nitrogens with zero attached hydrogens (tertiary/aromatic N) is 2. The van der Waals surface area contributed by atoms with Crippen molar-refractivity contribution in [3.63, 3.8) is 0 Å². The number of carbonyl (C=O) groups excluding carboxylic acids is 1. The molecule has 1 N–H and O–H groups in total. The Balaban J connectivity index is 2.27. The normalized spacial score (nSPS) is 19.0. The van der Waals surface area contributed by atoms with E-state index < -0.39 is 35.3 Å². The Morgan fingerprint density at radius 2 is 2.04 bits per heavy atom. The maximum absolute atomic E-state index is 12.4. The van der Waals surface area contributed by atoms with Gasteiger partial charge in [-0.3, -0.25) is 15.0 Å². The van der Waals surface area contributed by atoms with Crippen LogP contribution in [-0.2, 0) is 17.7 Å². The first-order valence-electron chi connectivity index (χ1n) is 7.53. The fraction of sp³-hybridized carbons (Fsp3) is 0.562. The quantitative estimate of drug-likeness (QED) is 0.678. The van der Waals surface area contributed by atoms with E-state index in [9.17, 15) is 20.0 Å². The lowest BCUT2D eigenvalue weighted by molar-refractivity contribution is -0.491. The SMILES string of the molecule is CC(C)(C)OC(=O)N1Cc2ccccc2CC1[C@H](O)C[N+](=O)[O-]. The molecule has 7 nitrogen and oxygen atoms in total. The lowest BCUT2D eigenvalue weighted by atomic mass is 9.91. The van der Waals surface area contributed by atoms with Crippen molar-refractivity contribution in [2.75, 3.05) is 6.54 Å². The Bertz CT molecular complexity index is 596. The molecule has 0 bridgehead atoms. The zero-order valence-corrected chi connectivity index (χ0v) is 13.6. The second kappa shape index (κ2) is 6.54. The molecule has 0 radical (unpaired) electrons. The molecule has 23 heavy (non-hydrogen) atoms. The Morgan fingerprint density at radius 1 is 1.43 bits per heavy atom. The minimum Gasteiger partial charge on any atom is -0.444 e. The van der Waals surface area contributed by atoms with Crippen LogP contribution in [0.15, 0.2) is 24.3 Å². The maximum Gasteiger partial charge on any atom is 0.410 e. The van der Waals surface area contributed by atoms with Gasteiger partial charge in [0.05, 0.1) is 6.04 Å². The predicted molar refractivity (Wildman–Crippen MR) is 83.6 cm³/mol. The van der Waals surface area contributed by atoms with Crippen LogP contribution in [0.4, 0.5) is 4.79 Å². The average Bonchev–Trinajstić information content (AvgIpc) is 2.43. The summed E-state index contributed by atoms with van der Waals surface area (Å²) in [7, 11) is 0. The van der Waals surface area contributed by atoms with Crippen LogP contribution in [0.25, 0.3) is 0 Å². The highest BCUT2D eigenvalue weighted by Crippen LogP contribution is 2.27. The Kier molecular flexibility index (Phi) is 4.89. The van der Waals surface area contributed by atoms with Crippen LogP contribution in [0.1, 0.15) is 31.9 Å². The first-order chi connectivity index (χ1) is 10.7. The molecule has 1 heterocycles. The molecule has 1 aliphatic heterocycles. The van der Waals surface area contributed by atoms with Crippen molar-refractivity contribution < 1.29 is 19.6 Å². The molecule has 1 amide bonds. The standard InChI is InChI=1S/C16H22N2O5/c1-16(2,3)23-15(20)17-9-12-7-5-4-6-11(12)8-13(17)14(19)10-18(21)22/h4-7,13-14,19H,8-10H2,1-3H3/t13?,14-/m1/s1. The molecular formula is C16H22N2O5. The maximum atomic E-state index is 12.4. The molecule has 1 unspecified atom stereocenters. The van der Waals surface area contributed by atoms with Crippen LogP contribution >= 0.6 is 0 Å². The summed E-state index contributed by atoms with van der Waals surface area (Å²) in [6.45, 7) is 4.93. The van der Waals surface area contributed by atoms with Gasteiger partial charge in [-0.25, -0.2) is 4.79 Å². The van der Waals surface area contributed by atoms with Gasteiger partial charge in [0.2, 0.25) is 6.54 Å². The molecular weight excluding hydrogens is 300 g/mol. The van der Waals surface area contributed by atoms with Gasteiger partial charge in [-0.1, -0.05) is 24.3 Å². The molecule has 0 aromatic heterocycles. The van der Waals surface area contributed by atoms with Gasteiger partial charge >= 0.3 is 6.09 Å². The van der Waals surface area contributed by atoms with E-state index in [4.69, 9.17) is 4.74 Å². The summed E-state index contributed by atoms with van der Waals surface area (Å²) in [4.78, 5) is 24.0. The van der Waals surface area contributed by atoms with E-state index in [0.29, 0.717) is 6.42 Å². The first-order valence-corrected chi connectivity index (χ1v) is 7.53. The molecule has 1 aliphatic rings. The zero-order chi connectivity index (χ0) is 17.2. The van der Waals surface area contributed by atoms with Crippen molar-refractivity contribution in [1.82, 2.24) is 4.90 Å². The third-order valence-electron chi connectivity index (χ3n) is 3.70. The molecule has 0 saturated carbocycles. The van der Waals surface area contributed by atoms with Crippen LogP contribution in [0.5, 0.6) is 0 Å². The molecule has 7 heteroatoms. The van der Waals surface area contributed by atoms with E-state index in [0.717, 1.165) is 11.1 Å². The largest absolute Gasteiger partial charge is 0.444 e. The van der Waals surface area contributed by atoms with Crippen LogP contribution in [0.2, 0.25) is 0 Å². The van der Waals surface area contributed by atoms with Gasteiger partial charge in [0.1, 0.15) is 11.7 Å². The average molecular weight is 322 g/mol. The van der Waals surface area contributed by atoms with E-state index in [1.807, 2.05) is 24.3 Å². The smallest absolute Gasteiger partial charge is 0.410 e. The second-order valence-electron chi connectivity index (χ2n) is 6.73. The van der Waals surface area contributed by atoms with E-state index >= 15 is 0 Å². The highest BCUT2D eigenvalue weighted by atomic mass is 16.6. The number of nitro groups is 1. The van der Waals surface area contributed by atoms with Crippen molar-refractivity contribution in [2.45, 2.75) is 51.5 Å². The summed E-state index contributed by atoms with van der Waals surface area (Å²) in [6, 6.07) is 6.89. The first kappa shape index (κ1) is 17.2. The Morgan fingerprint density at radius 3 is 2.61 bits per heavy atom. The number of benzene rings is 1. The predicted octanol–water partition coefficient (Wildman–Crippen LogP) is 1.99. The number of hydrogen-bond donors (Lipinski definition) is 1. The number of aliphatic hydroxyl groups excluding tert-OH is 1. The van der Waals surface area contributed by atoms with E-state index in [1.165, 1.54) is 4.90 Å².